The van der Waals surface area contributed by atoms with Gasteiger partial charge in [0, 0.05) is 17.0 Å². The van der Waals surface area contributed by atoms with Crippen LogP contribution in [0.2, 0.25) is 5.02 Å². The van der Waals surface area contributed by atoms with E-state index in [9.17, 15) is 0 Å². The average Bonchev–Trinajstić information content (AvgIpc) is 2.40. The van der Waals surface area contributed by atoms with E-state index in [2.05, 4.69) is 20.3 Å². The molecule has 0 amide bonds. The molecule has 9 heteroatoms. The summed E-state index contributed by atoms with van der Waals surface area (Å²) in [4.78, 5) is 13.3. The zero-order valence-electron chi connectivity index (χ0n) is 10.1. The quantitative estimate of drug-likeness (QED) is 0.804. The number of hydrogen-bond donors (Lipinski definition) is 1. The van der Waals surface area contributed by atoms with E-state index in [1.165, 1.54) is 11.8 Å². The molecule has 2 rings (SSSR count). The third-order valence-corrected chi connectivity index (χ3v) is 3.75. The van der Waals surface area contributed by atoms with E-state index >= 15 is 0 Å². The minimum atomic E-state index is -1.70. The second-order valence-corrected chi connectivity index (χ2v) is 7.33. The van der Waals surface area contributed by atoms with Crippen LogP contribution in [0.3, 0.4) is 0 Å². The summed E-state index contributed by atoms with van der Waals surface area (Å²) in [7, 11) is 1.67. The van der Waals surface area contributed by atoms with Crippen molar-refractivity contribution in [3.8, 4) is 0 Å². The highest BCUT2D eigenvalue weighted by Gasteiger charge is 2.28. The predicted molar refractivity (Wildman–Crippen MR) is 84.2 cm³/mol. The van der Waals surface area contributed by atoms with Crippen LogP contribution in [0.5, 0.6) is 0 Å². The molecule has 20 heavy (non-hydrogen) atoms. The zero-order chi connectivity index (χ0) is 14.8. The Hall–Kier alpha value is -0.460. The number of anilines is 1. The van der Waals surface area contributed by atoms with Crippen LogP contribution in [0.25, 0.3) is 0 Å². The summed E-state index contributed by atoms with van der Waals surface area (Å²) in [6.07, 6.45) is 0. The summed E-state index contributed by atoms with van der Waals surface area (Å²) in [5.41, 5.74) is 0. The van der Waals surface area contributed by atoms with Crippen LogP contribution >= 0.6 is 58.2 Å². The SMILES string of the molecule is CNc1nc(Sc2ccc(Cl)cc2)nc(C(Cl)(Cl)Cl)n1. The van der Waals surface area contributed by atoms with Gasteiger partial charge in [-0.15, -0.1) is 0 Å². The molecule has 0 spiro atoms. The molecule has 0 fully saturated rings. The van der Waals surface area contributed by atoms with Gasteiger partial charge in [-0.3, -0.25) is 0 Å². The monoisotopic (exact) mass is 368 g/mol. The van der Waals surface area contributed by atoms with Crippen LogP contribution in [-0.4, -0.2) is 22.0 Å². The fraction of sp³-hybridized carbons (Fsp3) is 0.182. The Morgan fingerprint density at radius 2 is 1.70 bits per heavy atom. The van der Waals surface area contributed by atoms with Gasteiger partial charge in [-0.05, 0) is 36.0 Å². The third-order valence-electron chi connectivity index (χ3n) is 2.11. The van der Waals surface area contributed by atoms with Gasteiger partial charge in [0.1, 0.15) is 0 Å². The molecule has 2 aromatic rings. The molecule has 1 aromatic carbocycles. The van der Waals surface area contributed by atoms with Crippen molar-refractivity contribution < 1.29 is 0 Å². The van der Waals surface area contributed by atoms with Crippen molar-refractivity contribution in [3.63, 3.8) is 0 Å². The maximum Gasteiger partial charge on any atom is 0.250 e. The smallest absolute Gasteiger partial charge is 0.250 e. The maximum absolute atomic E-state index is 5.83. The number of halogens is 4. The van der Waals surface area contributed by atoms with Crippen molar-refractivity contribution >= 4 is 64.1 Å². The number of hydrogen-bond acceptors (Lipinski definition) is 5. The Kier molecular flexibility index (Phi) is 5.20. The fourth-order valence-corrected chi connectivity index (χ4v) is 2.38. The first-order valence-electron chi connectivity index (χ1n) is 5.33. The molecule has 4 nitrogen and oxygen atoms in total. The molecule has 0 bridgehead atoms. The molecule has 106 valence electrons. The zero-order valence-corrected chi connectivity index (χ0v) is 13.9. The summed E-state index contributed by atoms with van der Waals surface area (Å²) in [5.74, 6) is 0.399. The fourth-order valence-electron chi connectivity index (χ4n) is 1.25. The largest absolute Gasteiger partial charge is 0.357 e. The van der Waals surface area contributed by atoms with Crippen LogP contribution in [0, 0.1) is 0 Å². The van der Waals surface area contributed by atoms with Crippen molar-refractivity contribution in [1.82, 2.24) is 15.0 Å². The standard InChI is InChI=1S/C11H8Cl4N4S/c1-16-9-17-8(11(13,14)15)18-10(19-9)20-7-4-2-6(12)3-5-7/h2-5H,1H3,(H,16,17,18,19). The molecule has 1 heterocycles. The Labute approximate surface area is 140 Å². The van der Waals surface area contributed by atoms with E-state index in [-0.39, 0.29) is 5.82 Å². The second kappa shape index (κ2) is 6.54. The van der Waals surface area contributed by atoms with E-state index in [0.29, 0.717) is 16.1 Å². The lowest BCUT2D eigenvalue weighted by molar-refractivity contribution is 0.830. The number of aromatic nitrogens is 3. The lowest BCUT2D eigenvalue weighted by atomic mass is 10.4. The van der Waals surface area contributed by atoms with Crippen LogP contribution in [0.15, 0.2) is 34.3 Å². The van der Waals surface area contributed by atoms with Gasteiger partial charge in [-0.25, -0.2) is 4.98 Å². The molecule has 0 atom stereocenters. The predicted octanol–water partition coefficient (Wildman–Crippen LogP) is 4.54. The first-order chi connectivity index (χ1) is 9.38. The first kappa shape index (κ1) is 15.9. The normalized spacial score (nSPS) is 11.4. The van der Waals surface area contributed by atoms with Gasteiger partial charge in [0.05, 0.1) is 0 Å². The Bertz CT molecular complexity index is 600. The Balaban J connectivity index is 2.33. The molecule has 0 aliphatic rings. The molecule has 0 aliphatic heterocycles. The Morgan fingerprint density at radius 3 is 2.25 bits per heavy atom. The summed E-state index contributed by atoms with van der Waals surface area (Å²) in [6.45, 7) is 0. The number of nitrogens with one attached hydrogen (secondary N) is 1. The number of alkyl halides is 3. The number of nitrogens with zero attached hydrogens (tertiary/aromatic N) is 3. The van der Waals surface area contributed by atoms with Crippen molar-refractivity contribution in [2.24, 2.45) is 0 Å². The van der Waals surface area contributed by atoms with Crippen molar-refractivity contribution in [3.05, 3.63) is 35.1 Å². The van der Waals surface area contributed by atoms with Gasteiger partial charge < -0.3 is 5.32 Å². The highest BCUT2D eigenvalue weighted by molar-refractivity contribution is 7.99. The highest BCUT2D eigenvalue weighted by atomic mass is 35.6. The van der Waals surface area contributed by atoms with Crippen molar-refractivity contribution in [2.75, 3.05) is 12.4 Å². The average molecular weight is 370 g/mol. The van der Waals surface area contributed by atoms with Gasteiger partial charge in [0.15, 0.2) is 11.0 Å². The molecule has 1 N–H and O–H groups in total. The van der Waals surface area contributed by atoms with Crippen LogP contribution < -0.4 is 5.32 Å². The van der Waals surface area contributed by atoms with Gasteiger partial charge in [-0.1, -0.05) is 46.4 Å². The maximum atomic E-state index is 5.83. The molecular weight excluding hydrogens is 362 g/mol. The highest BCUT2D eigenvalue weighted by Crippen LogP contribution is 2.37. The van der Waals surface area contributed by atoms with Crippen LogP contribution in [0.4, 0.5) is 5.95 Å². The van der Waals surface area contributed by atoms with E-state index in [4.69, 9.17) is 46.4 Å². The summed E-state index contributed by atoms with van der Waals surface area (Å²) in [5, 5.41) is 3.88. The molecule has 0 saturated carbocycles. The van der Waals surface area contributed by atoms with E-state index in [0.717, 1.165) is 4.90 Å². The third kappa shape index (κ3) is 4.27. The topological polar surface area (TPSA) is 50.7 Å². The lowest BCUT2D eigenvalue weighted by Crippen LogP contribution is -2.11. The van der Waals surface area contributed by atoms with E-state index in [1.54, 1.807) is 19.2 Å². The molecule has 1 aromatic heterocycles. The van der Waals surface area contributed by atoms with Gasteiger partial charge in [0.25, 0.3) is 0 Å². The van der Waals surface area contributed by atoms with E-state index in [1.807, 2.05) is 12.1 Å². The summed E-state index contributed by atoms with van der Waals surface area (Å²) in [6, 6.07) is 7.26. The molecule has 0 aliphatic carbocycles. The minimum Gasteiger partial charge on any atom is -0.357 e. The van der Waals surface area contributed by atoms with Crippen LogP contribution in [0.1, 0.15) is 5.82 Å². The molecule has 0 radical (unpaired) electrons. The van der Waals surface area contributed by atoms with Crippen molar-refractivity contribution in [2.45, 2.75) is 13.8 Å². The van der Waals surface area contributed by atoms with Crippen LogP contribution in [-0.2, 0) is 3.79 Å². The van der Waals surface area contributed by atoms with E-state index < -0.39 is 3.79 Å². The number of benzene rings is 1. The number of rotatable bonds is 3. The lowest BCUT2D eigenvalue weighted by Gasteiger charge is -2.11. The van der Waals surface area contributed by atoms with Gasteiger partial charge in [0.2, 0.25) is 9.74 Å². The molecule has 0 saturated heterocycles. The molecule has 0 unspecified atom stereocenters. The van der Waals surface area contributed by atoms with Crippen molar-refractivity contribution in [1.29, 1.82) is 0 Å². The first-order valence-corrected chi connectivity index (χ1v) is 7.66. The minimum absolute atomic E-state index is 0.0679. The van der Waals surface area contributed by atoms with Gasteiger partial charge >= 0.3 is 0 Å². The molecular formula is C11H8Cl4N4S. The summed E-state index contributed by atoms with van der Waals surface area (Å²) < 4.78 is -1.70. The van der Waals surface area contributed by atoms with Gasteiger partial charge in [-0.2, -0.15) is 9.97 Å². The Morgan fingerprint density at radius 1 is 1.05 bits per heavy atom. The second-order valence-electron chi connectivity index (χ2n) is 3.57. The summed E-state index contributed by atoms with van der Waals surface area (Å²) >= 11 is 24.6.